The van der Waals surface area contributed by atoms with Gasteiger partial charge in [0.25, 0.3) is 5.56 Å². The topological polar surface area (TPSA) is 88.4 Å². The van der Waals surface area contributed by atoms with Crippen LogP contribution in [0.4, 0.5) is 10.5 Å². The Hall–Kier alpha value is -3.72. The highest BCUT2D eigenvalue weighted by Crippen LogP contribution is 2.35. The van der Waals surface area contributed by atoms with E-state index in [2.05, 4.69) is 40.3 Å². The number of urea groups is 1. The van der Waals surface area contributed by atoms with Gasteiger partial charge < -0.3 is 24.7 Å². The first kappa shape index (κ1) is 26.5. The molecule has 0 saturated carbocycles. The molecule has 3 amide bonds. The van der Waals surface area contributed by atoms with Crippen molar-refractivity contribution < 1.29 is 9.59 Å². The Morgan fingerprint density at radius 3 is 2.65 bits per heavy atom. The highest BCUT2D eigenvalue weighted by molar-refractivity contribution is 7.98. The van der Waals surface area contributed by atoms with Gasteiger partial charge in [0, 0.05) is 71.4 Å². The maximum atomic E-state index is 13.5. The van der Waals surface area contributed by atoms with E-state index in [1.165, 1.54) is 5.52 Å². The van der Waals surface area contributed by atoms with Crippen LogP contribution in [0, 0.1) is 5.92 Å². The van der Waals surface area contributed by atoms with Gasteiger partial charge in [0.1, 0.15) is 6.04 Å². The standard InChI is InChI=1S/C31H35N5O3S/c1-3-35-27-8-5-4-7-23(27)24-16-22(11-12-28(24)35)32-30(38)25(13-14-40-2)33-31(39)34-17-20-15-21(19-34)26-9-6-10-29(37)36(26)18-20/h4-12,16,20-21,25H,3,13-15,17-19H2,1-2H3,(H,32,38)(H,33,39)/t20-,21+,25-/m0/s1. The molecule has 0 radical (unpaired) electrons. The number of benzene rings is 2. The predicted molar refractivity (Wildman–Crippen MR) is 162 cm³/mol. The number of nitrogens with one attached hydrogen (secondary N) is 2. The number of piperidine rings is 1. The van der Waals surface area contributed by atoms with Gasteiger partial charge >= 0.3 is 6.03 Å². The summed E-state index contributed by atoms with van der Waals surface area (Å²) in [7, 11) is 0. The zero-order valence-electron chi connectivity index (χ0n) is 22.9. The van der Waals surface area contributed by atoms with E-state index in [0.29, 0.717) is 26.1 Å². The lowest BCUT2D eigenvalue weighted by Gasteiger charge is -2.43. The predicted octanol–water partition coefficient (Wildman–Crippen LogP) is 4.87. The number of anilines is 1. The van der Waals surface area contributed by atoms with E-state index in [-0.39, 0.29) is 29.3 Å². The summed E-state index contributed by atoms with van der Waals surface area (Å²) in [6.45, 7) is 4.75. The summed E-state index contributed by atoms with van der Waals surface area (Å²) in [5.74, 6) is 0.897. The number of carbonyl (C=O) groups excluding carboxylic acids is 2. The van der Waals surface area contributed by atoms with Crippen molar-refractivity contribution in [3.05, 3.63) is 76.7 Å². The van der Waals surface area contributed by atoms with Gasteiger partial charge in [-0.3, -0.25) is 9.59 Å². The summed E-state index contributed by atoms with van der Waals surface area (Å²) in [5.41, 5.74) is 4.05. The lowest BCUT2D eigenvalue weighted by molar-refractivity contribution is -0.118. The number of amides is 3. The third-order valence-corrected chi connectivity index (χ3v) is 8.99. The molecule has 0 spiro atoms. The largest absolute Gasteiger partial charge is 0.341 e. The number of aromatic nitrogens is 2. The van der Waals surface area contributed by atoms with Crippen molar-refractivity contribution >= 4 is 51.2 Å². The summed E-state index contributed by atoms with van der Waals surface area (Å²) >= 11 is 1.65. The average molecular weight is 558 g/mol. The van der Waals surface area contributed by atoms with Crippen molar-refractivity contribution in [1.29, 1.82) is 0 Å². The molecule has 2 aliphatic heterocycles. The summed E-state index contributed by atoms with van der Waals surface area (Å²) < 4.78 is 4.14. The van der Waals surface area contributed by atoms with Gasteiger partial charge in [0.2, 0.25) is 5.91 Å². The molecule has 0 unspecified atom stereocenters. The van der Waals surface area contributed by atoms with Crippen LogP contribution in [0.25, 0.3) is 21.8 Å². The fourth-order valence-corrected chi connectivity index (χ4v) is 6.98. The Balaban J connectivity index is 1.19. The van der Waals surface area contributed by atoms with Gasteiger partial charge in [-0.2, -0.15) is 11.8 Å². The number of likely N-dealkylation sites (tertiary alicyclic amines) is 1. The molecule has 2 bridgehead atoms. The highest BCUT2D eigenvalue weighted by atomic mass is 32.2. The molecule has 3 atom stereocenters. The van der Waals surface area contributed by atoms with E-state index in [4.69, 9.17) is 0 Å². The van der Waals surface area contributed by atoms with Gasteiger partial charge in [0.15, 0.2) is 0 Å². The number of fused-ring (bicyclic) bond motifs is 7. The van der Waals surface area contributed by atoms with Crippen LogP contribution in [-0.4, -0.2) is 57.1 Å². The normalized spacial score (nSPS) is 18.9. The van der Waals surface area contributed by atoms with Gasteiger partial charge in [0.05, 0.1) is 0 Å². The van der Waals surface area contributed by atoms with Crippen LogP contribution < -0.4 is 16.2 Å². The molecule has 40 heavy (non-hydrogen) atoms. The van der Waals surface area contributed by atoms with E-state index >= 15 is 0 Å². The fraction of sp³-hybridized carbons (Fsp3) is 0.387. The first-order valence-electron chi connectivity index (χ1n) is 14.0. The second-order valence-electron chi connectivity index (χ2n) is 10.9. The van der Waals surface area contributed by atoms with Crippen LogP contribution in [0.15, 0.2) is 65.5 Å². The Morgan fingerprint density at radius 1 is 1.00 bits per heavy atom. The van der Waals surface area contributed by atoms with Crippen molar-refractivity contribution in [3.63, 3.8) is 0 Å². The van der Waals surface area contributed by atoms with E-state index in [1.807, 2.05) is 46.1 Å². The number of nitrogens with zero attached hydrogens (tertiary/aromatic N) is 3. The van der Waals surface area contributed by atoms with Crippen LogP contribution in [0.5, 0.6) is 0 Å². The number of hydrogen-bond donors (Lipinski definition) is 2. The summed E-state index contributed by atoms with van der Waals surface area (Å²) in [6, 6.07) is 18.9. The number of hydrogen-bond acceptors (Lipinski definition) is 4. The van der Waals surface area contributed by atoms with Crippen molar-refractivity contribution in [1.82, 2.24) is 19.4 Å². The molecule has 9 heteroatoms. The van der Waals surface area contributed by atoms with E-state index < -0.39 is 6.04 Å². The molecular weight excluding hydrogens is 522 g/mol. The van der Waals surface area contributed by atoms with Gasteiger partial charge in [-0.25, -0.2) is 4.79 Å². The minimum atomic E-state index is -0.649. The van der Waals surface area contributed by atoms with Crippen molar-refractivity contribution in [2.75, 3.05) is 30.4 Å². The first-order valence-corrected chi connectivity index (χ1v) is 15.4. The van der Waals surface area contributed by atoms with Crippen molar-refractivity contribution in [2.45, 2.75) is 44.8 Å². The summed E-state index contributed by atoms with van der Waals surface area (Å²) in [6.07, 6.45) is 3.51. The minimum absolute atomic E-state index is 0.0244. The molecule has 4 aromatic rings. The smallest absolute Gasteiger partial charge is 0.318 e. The Morgan fingerprint density at radius 2 is 1.82 bits per heavy atom. The monoisotopic (exact) mass is 557 g/mol. The Bertz CT molecular complexity index is 1640. The molecule has 4 heterocycles. The molecule has 6 rings (SSSR count). The number of carbonyl (C=O) groups is 2. The molecule has 1 saturated heterocycles. The molecule has 2 aromatic carbocycles. The maximum absolute atomic E-state index is 13.5. The van der Waals surface area contributed by atoms with Crippen LogP contribution in [0.3, 0.4) is 0 Å². The third-order valence-electron chi connectivity index (χ3n) is 8.35. The Kier molecular flexibility index (Phi) is 7.31. The lowest BCUT2D eigenvalue weighted by atomic mass is 9.83. The molecular formula is C31H35N5O3S. The molecule has 8 nitrogen and oxygen atoms in total. The Labute approximate surface area is 237 Å². The number of para-hydroxylation sites is 1. The van der Waals surface area contributed by atoms with Crippen molar-refractivity contribution in [3.8, 4) is 0 Å². The quantitative estimate of drug-likeness (QED) is 0.340. The number of rotatable bonds is 7. The molecule has 2 N–H and O–H groups in total. The van der Waals surface area contributed by atoms with Gasteiger partial charge in [-0.15, -0.1) is 0 Å². The van der Waals surface area contributed by atoms with Crippen LogP contribution in [0.2, 0.25) is 0 Å². The first-order chi connectivity index (χ1) is 19.5. The average Bonchev–Trinajstić information content (AvgIpc) is 3.28. The highest BCUT2D eigenvalue weighted by Gasteiger charge is 2.37. The molecule has 2 aromatic heterocycles. The third kappa shape index (κ3) is 4.87. The lowest BCUT2D eigenvalue weighted by Crippen LogP contribution is -2.55. The molecule has 1 fully saturated rings. The molecule has 2 aliphatic rings. The fourth-order valence-electron chi connectivity index (χ4n) is 6.51. The van der Waals surface area contributed by atoms with Crippen LogP contribution in [-0.2, 0) is 17.9 Å². The van der Waals surface area contributed by atoms with Crippen LogP contribution in [0.1, 0.15) is 31.4 Å². The molecule has 208 valence electrons. The van der Waals surface area contributed by atoms with Crippen molar-refractivity contribution in [2.24, 2.45) is 5.92 Å². The SMILES string of the molecule is CCn1c2ccccc2c2cc(NC(=O)[C@H](CCSC)NC(=O)N3C[C@@H]4C[C@H](C3)c3cccc(=O)n3C4)ccc21. The summed E-state index contributed by atoms with van der Waals surface area (Å²) in [4.78, 5) is 41.1. The molecule has 0 aliphatic carbocycles. The van der Waals surface area contributed by atoms with Gasteiger partial charge in [-0.05, 0) is 68.0 Å². The minimum Gasteiger partial charge on any atom is -0.341 e. The number of pyridine rings is 1. The second kappa shape index (κ2) is 11.0. The summed E-state index contributed by atoms with van der Waals surface area (Å²) in [5, 5.41) is 8.36. The maximum Gasteiger partial charge on any atom is 0.318 e. The number of aryl methyl sites for hydroxylation is 1. The number of thioether (sulfide) groups is 1. The zero-order chi connectivity index (χ0) is 27.8. The van der Waals surface area contributed by atoms with E-state index in [9.17, 15) is 14.4 Å². The zero-order valence-corrected chi connectivity index (χ0v) is 23.7. The van der Waals surface area contributed by atoms with E-state index in [1.54, 1.807) is 23.9 Å². The van der Waals surface area contributed by atoms with Gasteiger partial charge in [-0.1, -0.05) is 24.3 Å². The van der Waals surface area contributed by atoms with E-state index in [0.717, 1.165) is 46.4 Å². The van der Waals surface area contributed by atoms with Crippen LogP contribution >= 0.6 is 11.8 Å². The second-order valence-corrected chi connectivity index (χ2v) is 11.9.